The molecule has 2 bridgehead atoms. The molecule has 0 amide bonds. The molecule has 3 aliphatic rings. The molecule has 0 radical (unpaired) electrons. The minimum Gasteiger partial charge on any atom is -0.455 e. The number of para-hydroxylation sites is 1. The second-order valence-electron chi connectivity index (χ2n) is 12.1. The van der Waals surface area contributed by atoms with Crippen molar-refractivity contribution in [2.24, 2.45) is 0 Å². The monoisotopic (exact) mass is 564 g/mol. The third kappa shape index (κ3) is 3.15. The molecule has 44 heavy (non-hydrogen) atoms. The first-order valence-corrected chi connectivity index (χ1v) is 15.1. The molecular weight excluding hydrogens is 540 g/mol. The van der Waals surface area contributed by atoms with Crippen LogP contribution in [0.4, 0.5) is 0 Å². The van der Waals surface area contributed by atoms with Crippen molar-refractivity contribution in [1.82, 2.24) is 4.57 Å². The number of nitrogens with zero attached hydrogens (tertiary/aromatic N) is 4. The first-order chi connectivity index (χ1) is 21.7. The maximum atomic E-state index is 10.7. The van der Waals surface area contributed by atoms with Crippen molar-refractivity contribution in [2.45, 2.75) is 37.5 Å². The number of hydrogen-bond donors (Lipinski definition) is 0. The Morgan fingerprint density at radius 3 is 2.02 bits per heavy atom. The van der Waals surface area contributed by atoms with Crippen LogP contribution in [0.2, 0.25) is 0 Å². The third-order valence-corrected chi connectivity index (χ3v) is 10.0. The van der Waals surface area contributed by atoms with Crippen LogP contribution in [0.15, 0.2) is 89.3 Å². The Bertz CT molecular complexity index is 2490. The van der Waals surface area contributed by atoms with Gasteiger partial charge < -0.3 is 8.98 Å². The van der Waals surface area contributed by atoms with Crippen molar-refractivity contribution in [3.63, 3.8) is 0 Å². The Morgan fingerprint density at radius 1 is 0.591 bits per heavy atom. The van der Waals surface area contributed by atoms with Crippen molar-refractivity contribution in [3.05, 3.63) is 113 Å². The second-order valence-corrected chi connectivity index (χ2v) is 12.1. The maximum absolute atomic E-state index is 10.7. The van der Waals surface area contributed by atoms with Crippen LogP contribution in [0.25, 0.3) is 60.6 Å². The summed E-state index contributed by atoms with van der Waals surface area (Å²) >= 11 is 0. The Kier molecular flexibility index (Phi) is 5.11. The fourth-order valence-corrected chi connectivity index (χ4v) is 8.19. The fourth-order valence-electron chi connectivity index (χ4n) is 8.19. The molecule has 2 heterocycles. The molecule has 0 N–H and O–H groups in total. The molecule has 1 fully saturated rings. The molecule has 206 valence electrons. The van der Waals surface area contributed by atoms with E-state index in [0.29, 0.717) is 5.56 Å². The van der Waals surface area contributed by atoms with Gasteiger partial charge in [-0.05, 0) is 90.1 Å². The predicted octanol–water partition coefficient (Wildman–Crippen LogP) is 9.72. The quantitative estimate of drug-likeness (QED) is 0.209. The molecule has 3 aliphatic carbocycles. The standard InChI is InChI=1S/C39H24N4O/c40-19-29-30(20-41)35-23-10-12-24(13-11-23)36(35)38(31(29)21-42)43-32-16-14-25(22-6-2-1-3-7-22)18-28(32)37-33(43)17-15-27-26-8-4-5-9-34(26)44-39(27)37/h1-9,14-18,23-24H,10-13H2. The average molecular weight is 565 g/mol. The summed E-state index contributed by atoms with van der Waals surface area (Å²) in [7, 11) is 0. The highest BCUT2D eigenvalue weighted by Crippen LogP contribution is 2.55. The van der Waals surface area contributed by atoms with Gasteiger partial charge in [0.05, 0.1) is 38.8 Å². The zero-order valence-electron chi connectivity index (χ0n) is 23.8. The van der Waals surface area contributed by atoms with E-state index in [-0.39, 0.29) is 23.0 Å². The molecule has 0 atom stereocenters. The van der Waals surface area contributed by atoms with E-state index in [1.165, 1.54) is 0 Å². The summed E-state index contributed by atoms with van der Waals surface area (Å²) in [6, 6.07) is 36.1. The Labute approximate surface area is 253 Å². The van der Waals surface area contributed by atoms with E-state index >= 15 is 0 Å². The highest BCUT2D eigenvalue weighted by atomic mass is 16.3. The topological polar surface area (TPSA) is 89.4 Å². The lowest BCUT2D eigenvalue weighted by Gasteiger charge is -2.41. The summed E-state index contributed by atoms with van der Waals surface area (Å²) in [5, 5.41) is 35.5. The second kappa shape index (κ2) is 9.08. The molecule has 5 heteroatoms. The van der Waals surface area contributed by atoms with E-state index in [4.69, 9.17) is 4.42 Å². The summed E-state index contributed by atoms with van der Waals surface area (Å²) in [5.41, 5.74) is 9.40. The fraction of sp³-hybridized carbons (Fsp3) is 0.154. The zero-order chi connectivity index (χ0) is 29.5. The molecule has 1 saturated carbocycles. The van der Waals surface area contributed by atoms with Crippen molar-refractivity contribution in [2.75, 3.05) is 0 Å². The van der Waals surface area contributed by atoms with Crippen LogP contribution in [-0.4, -0.2) is 4.57 Å². The number of hydrogen-bond acceptors (Lipinski definition) is 4. The first kappa shape index (κ1) is 24.7. The van der Waals surface area contributed by atoms with E-state index in [1.54, 1.807) is 0 Å². The van der Waals surface area contributed by atoms with Gasteiger partial charge in [-0.2, -0.15) is 15.8 Å². The van der Waals surface area contributed by atoms with Crippen molar-refractivity contribution < 1.29 is 4.42 Å². The molecular formula is C39H24N4O. The highest BCUT2D eigenvalue weighted by molar-refractivity contribution is 6.24. The SMILES string of the molecule is N#Cc1c(C#N)c2c(c(-n3c4ccc(-c5ccccc5)cc4c4c5oc6ccccc6c5ccc43)c1C#N)C1CCC2CC1. The van der Waals surface area contributed by atoms with Crippen LogP contribution in [0.1, 0.15) is 65.3 Å². The lowest BCUT2D eigenvalue weighted by Crippen LogP contribution is -2.26. The van der Waals surface area contributed by atoms with Gasteiger partial charge in [0.25, 0.3) is 0 Å². The number of furan rings is 1. The van der Waals surface area contributed by atoms with Crippen LogP contribution >= 0.6 is 0 Å². The van der Waals surface area contributed by atoms with E-state index in [0.717, 1.165) is 97.4 Å². The largest absolute Gasteiger partial charge is 0.455 e. The van der Waals surface area contributed by atoms with Gasteiger partial charge in [0.1, 0.15) is 29.4 Å². The van der Waals surface area contributed by atoms with Gasteiger partial charge in [0.2, 0.25) is 0 Å². The molecule has 5 nitrogen and oxygen atoms in total. The lowest BCUT2D eigenvalue weighted by molar-refractivity contribution is 0.357. The number of aromatic nitrogens is 1. The first-order valence-electron chi connectivity index (χ1n) is 15.1. The summed E-state index contributed by atoms with van der Waals surface area (Å²) < 4.78 is 8.78. The highest BCUT2D eigenvalue weighted by Gasteiger charge is 2.40. The maximum Gasteiger partial charge on any atom is 0.145 e. The van der Waals surface area contributed by atoms with Crippen molar-refractivity contribution in [3.8, 4) is 35.0 Å². The van der Waals surface area contributed by atoms with E-state index in [1.807, 2.05) is 36.4 Å². The van der Waals surface area contributed by atoms with E-state index in [9.17, 15) is 15.8 Å². The summed E-state index contributed by atoms with van der Waals surface area (Å²) in [6.45, 7) is 0. The number of fused-ring (bicyclic) bond motifs is 9. The summed E-state index contributed by atoms with van der Waals surface area (Å²) in [5.74, 6) is 0.464. The minimum atomic E-state index is 0.192. The summed E-state index contributed by atoms with van der Waals surface area (Å²) in [4.78, 5) is 0. The van der Waals surface area contributed by atoms with Crippen LogP contribution in [0.3, 0.4) is 0 Å². The Balaban J connectivity index is 1.50. The predicted molar refractivity (Wildman–Crippen MR) is 172 cm³/mol. The van der Waals surface area contributed by atoms with Gasteiger partial charge in [-0.15, -0.1) is 0 Å². The molecule has 0 unspecified atom stereocenters. The van der Waals surface area contributed by atoms with Gasteiger partial charge in [-0.25, -0.2) is 0 Å². The van der Waals surface area contributed by atoms with Crippen LogP contribution in [-0.2, 0) is 0 Å². The Hall–Kier alpha value is -5.83. The number of nitriles is 3. The minimum absolute atomic E-state index is 0.192. The van der Waals surface area contributed by atoms with E-state index < -0.39 is 0 Å². The molecule has 0 aliphatic heterocycles. The lowest BCUT2D eigenvalue weighted by atomic mass is 9.64. The number of benzene rings is 5. The molecule has 0 spiro atoms. The molecule has 0 saturated heterocycles. The van der Waals surface area contributed by atoms with Gasteiger partial charge in [0, 0.05) is 16.2 Å². The van der Waals surface area contributed by atoms with Gasteiger partial charge >= 0.3 is 0 Å². The average Bonchev–Trinajstić information content (AvgIpc) is 3.63. The van der Waals surface area contributed by atoms with Crippen molar-refractivity contribution in [1.29, 1.82) is 15.8 Å². The summed E-state index contributed by atoms with van der Waals surface area (Å²) in [6.07, 6.45) is 4.07. The zero-order valence-corrected chi connectivity index (χ0v) is 23.8. The third-order valence-electron chi connectivity index (χ3n) is 10.0. The van der Waals surface area contributed by atoms with Crippen molar-refractivity contribution >= 4 is 43.7 Å². The molecule has 5 aromatic carbocycles. The molecule has 7 aromatic rings. The number of rotatable bonds is 2. The van der Waals surface area contributed by atoms with Crippen LogP contribution < -0.4 is 0 Å². The van der Waals surface area contributed by atoms with Crippen LogP contribution in [0, 0.1) is 34.0 Å². The van der Waals surface area contributed by atoms with Crippen LogP contribution in [0.5, 0.6) is 0 Å². The smallest absolute Gasteiger partial charge is 0.145 e. The Morgan fingerprint density at radius 2 is 1.27 bits per heavy atom. The molecule has 2 aromatic heterocycles. The van der Waals surface area contributed by atoms with Gasteiger partial charge in [-0.3, -0.25) is 0 Å². The van der Waals surface area contributed by atoms with Gasteiger partial charge in [-0.1, -0.05) is 54.6 Å². The molecule has 10 rings (SSSR count). The normalized spacial score (nSPS) is 17.1. The van der Waals surface area contributed by atoms with Gasteiger partial charge in [0.15, 0.2) is 0 Å². The van der Waals surface area contributed by atoms with E-state index in [2.05, 4.69) is 71.3 Å².